The van der Waals surface area contributed by atoms with Gasteiger partial charge in [0.1, 0.15) is 0 Å². The van der Waals surface area contributed by atoms with Crippen molar-refractivity contribution in [3.05, 3.63) is 16.1 Å². The number of unbranched alkanes of at least 4 members (excludes halogenated alkanes) is 2. The number of aromatic nitrogens is 1. The molecule has 1 aromatic rings. The van der Waals surface area contributed by atoms with Crippen molar-refractivity contribution in [2.75, 3.05) is 0 Å². The number of thiazole rings is 1. The minimum Gasteiger partial charge on any atom is -0.388 e. The second-order valence-corrected chi connectivity index (χ2v) is 4.20. The van der Waals surface area contributed by atoms with Crippen LogP contribution in [0, 0.1) is 6.92 Å². The average molecular weight is 199 g/mol. The highest BCUT2D eigenvalue weighted by Crippen LogP contribution is 2.25. The first-order valence-corrected chi connectivity index (χ1v) is 5.71. The van der Waals surface area contributed by atoms with Crippen LogP contribution in [-0.4, -0.2) is 10.1 Å². The highest BCUT2D eigenvalue weighted by atomic mass is 32.1. The van der Waals surface area contributed by atoms with E-state index in [1.54, 1.807) is 16.8 Å². The fourth-order valence-corrected chi connectivity index (χ4v) is 2.17. The van der Waals surface area contributed by atoms with E-state index in [1.807, 2.05) is 6.92 Å². The van der Waals surface area contributed by atoms with E-state index >= 15 is 0 Å². The highest BCUT2D eigenvalue weighted by molar-refractivity contribution is 7.09. The van der Waals surface area contributed by atoms with E-state index in [-0.39, 0.29) is 6.10 Å². The van der Waals surface area contributed by atoms with Crippen molar-refractivity contribution in [3.8, 4) is 0 Å². The molecular weight excluding hydrogens is 182 g/mol. The van der Waals surface area contributed by atoms with Crippen LogP contribution in [-0.2, 0) is 0 Å². The SMILES string of the molecule is CCCCCC(O)c1scnc1C. The number of hydrogen-bond donors (Lipinski definition) is 1. The van der Waals surface area contributed by atoms with Crippen LogP contribution in [0.4, 0.5) is 0 Å². The van der Waals surface area contributed by atoms with Crippen LogP contribution in [0.2, 0.25) is 0 Å². The predicted octanol–water partition coefficient (Wildman–Crippen LogP) is 3.07. The number of aliphatic hydroxyl groups is 1. The molecule has 0 aromatic carbocycles. The molecule has 1 rings (SSSR count). The van der Waals surface area contributed by atoms with Crippen molar-refractivity contribution in [2.24, 2.45) is 0 Å². The van der Waals surface area contributed by atoms with Gasteiger partial charge in [-0.2, -0.15) is 0 Å². The van der Waals surface area contributed by atoms with Crippen molar-refractivity contribution in [1.29, 1.82) is 0 Å². The van der Waals surface area contributed by atoms with E-state index in [4.69, 9.17) is 0 Å². The van der Waals surface area contributed by atoms with E-state index < -0.39 is 0 Å². The zero-order valence-electron chi connectivity index (χ0n) is 8.29. The summed E-state index contributed by atoms with van der Waals surface area (Å²) in [7, 11) is 0. The summed E-state index contributed by atoms with van der Waals surface area (Å²) < 4.78 is 0. The predicted molar refractivity (Wildman–Crippen MR) is 56.0 cm³/mol. The van der Waals surface area contributed by atoms with Gasteiger partial charge in [-0.1, -0.05) is 26.2 Å². The molecule has 0 aliphatic carbocycles. The fraction of sp³-hybridized carbons (Fsp3) is 0.700. The molecule has 74 valence electrons. The van der Waals surface area contributed by atoms with E-state index in [9.17, 15) is 5.11 Å². The van der Waals surface area contributed by atoms with Gasteiger partial charge >= 0.3 is 0 Å². The summed E-state index contributed by atoms with van der Waals surface area (Å²) in [6, 6.07) is 0. The maximum atomic E-state index is 9.79. The van der Waals surface area contributed by atoms with Crippen LogP contribution in [0.1, 0.15) is 49.3 Å². The molecule has 1 atom stereocenters. The van der Waals surface area contributed by atoms with E-state index in [0.29, 0.717) is 0 Å². The molecule has 13 heavy (non-hydrogen) atoms. The van der Waals surface area contributed by atoms with Crippen molar-refractivity contribution in [2.45, 2.75) is 45.6 Å². The van der Waals surface area contributed by atoms with Crippen molar-refractivity contribution >= 4 is 11.3 Å². The normalized spacial score (nSPS) is 13.2. The van der Waals surface area contributed by atoms with Crippen molar-refractivity contribution in [1.82, 2.24) is 4.98 Å². The van der Waals surface area contributed by atoms with Gasteiger partial charge in [-0.15, -0.1) is 11.3 Å². The summed E-state index contributed by atoms with van der Waals surface area (Å²) >= 11 is 1.55. The van der Waals surface area contributed by atoms with Crippen LogP contribution in [0.15, 0.2) is 5.51 Å². The van der Waals surface area contributed by atoms with Crippen LogP contribution in [0.25, 0.3) is 0 Å². The quantitative estimate of drug-likeness (QED) is 0.739. The van der Waals surface area contributed by atoms with Crippen LogP contribution in [0.5, 0.6) is 0 Å². The van der Waals surface area contributed by atoms with Gasteiger partial charge in [0.05, 0.1) is 22.2 Å². The lowest BCUT2D eigenvalue weighted by molar-refractivity contribution is 0.166. The molecule has 0 aliphatic heterocycles. The molecule has 1 heterocycles. The van der Waals surface area contributed by atoms with Gasteiger partial charge in [0.15, 0.2) is 0 Å². The van der Waals surface area contributed by atoms with Crippen LogP contribution >= 0.6 is 11.3 Å². The van der Waals surface area contributed by atoms with Crippen LogP contribution < -0.4 is 0 Å². The minimum absolute atomic E-state index is 0.293. The Hall–Kier alpha value is -0.410. The first-order valence-electron chi connectivity index (χ1n) is 4.83. The lowest BCUT2D eigenvalue weighted by Crippen LogP contribution is -1.96. The van der Waals surface area contributed by atoms with Gasteiger partial charge in [0, 0.05) is 0 Å². The third-order valence-corrected chi connectivity index (χ3v) is 3.20. The van der Waals surface area contributed by atoms with Crippen molar-refractivity contribution in [3.63, 3.8) is 0 Å². The minimum atomic E-state index is -0.293. The molecule has 1 aromatic heterocycles. The second-order valence-electron chi connectivity index (χ2n) is 3.31. The Kier molecular flexibility index (Phi) is 4.39. The van der Waals surface area contributed by atoms with Gasteiger partial charge in [0.25, 0.3) is 0 Å². The van der Waals surface area contributed by atoms with Crippen LogP contribution in [0.3, 0.4) is 0 Å². The third kappa shape index (κ3) is 3.08. The molecule has 0 fully saturated rings. The summed E-state index contributed by atoms with van der Waals surface area (Å²) in [4.78, 5) is 5.16. The summed E-state index contributed by atoms with van der Waals surface area (Å²) in [5, 5.41) is 9.79. The molecule has 0 radical (unpaired) electrons. The molecular formula is C10H17NOS. The molecule has 2 nitrogen and oxygen atoms in total. The number of rotatable bonds is 5. The molecule has 0 bridgehead atoms. The molecule has 1 unspecified atom stereocenters. The van der Waals surface area contributed by atoms with Gasteiger partial charge < -0.3 is 5.11 Å². The van der Waals surface area contributed by atoms with E-state index in [1.165, 1.54) is 12.8 Å². The molecule has 0 spiro atoms. The molecule has 1 N–H and O–H groups in total. The summed E-state index contributed by atoms with van der Waals surface area (Å²) in [6.45, 7) is 4.12. The topological polar surface area (TPSA) is 33.1 Å². The Morgan fingerprint density at radius 1 is 1.54 bits per heavy atom. The lowest BCUT2D eigenvalue weighted by atomic mass is 10.1. The van der Waals surface area contributed by atoms with E-state index in [2.05, 4.69) is 11.9 Å². The smallest absolute Gasteiger partial charge is 0.0900 e. The molecule has 0 saturated heterocycles. The fourth-order valence-electron chi connectivity index (χ4n) is 1.35. The average Bonchev–Trinajstić information content (AvgIpc) is 2.52. The highest BCUT2D eigenvalue weighted by Gasteiger charge is 2.11. The van der Waals surface area contributed by atoms with Gasteiger partial charge in [0.2, 0.25) is 0 Å². The Morgan fingerprint density at radius 2 is 2.31 bits per heavy atom. The Bertz CT molecular complexity index is 247. The monoisotopic (exact) mass is 199 g/mol. The molecule has 0 aliphatic rings. The third-order valence-electron chi connectivity index (χ3n) is 2.17. The van der Waals surface area contributed by atoms with E-state index in [0.717, 1.165) is 23.4 Å². The van der Waals surface area contributed by atoms with Gasteiger partial charge in [-0.25, -0.2) is 4.98 Å². The largest absolute Gasteiger partial charge is 0.388 e. The number of nitrogens with zero attached hydrogens (tertiary/aromatic N) is 1. The van der Waals surface area contributed by atoms with Gasteiger partial charge in [-0.05, 0) is 13.3 Å². The zero-order chi connectivity index (χ0) is 9.68. The number of aliphatic hydroxyl groups excluding tert-OH is 1. The summed E-state index contributed by atoms with van der Waals surface area (Å²) in [6.07, 6.45) is 4.09. The molecule has 0 amide bonds. The molecule has 3 heteroatoms. The second kappa shape index (κ2) is 5.35. The standard InChI is InChI=1S/C10H17NOS/c1-3-4-5-6-9(12)10-8(2)11-7-13-10/h7,9,12H,3-6H2,1-2H3. The summed E-state index contributed by atoms with van der Waals surface area (Å²) in [5.41, 5.74) is 2.78. The maximum absolute atomic E-state index is 9.79. The Balaban J connectivity index is 2.39. The maximum Gasteiger partial charge on any atom is 0.0900 e. The Morgan fingerprint density at radius 3 is 2.85 bits per heavy atom. The lowest BCUT2D eigenvalue weighted by Gasteiger charge is -2.07. The zero-order valence-corrected chi connectivity index (χ0v) is 9.10. The van der Waals surface area contributed by atoms with Crippen molar-refractivity contribution < 1.29 is 5.11 Å². The Labute approximate surface area is 83.6 Å². The van der Waals surface area contributed by atoms with Gasteiger partial charge in [-0.3, -0.25) is 0 Å². The number of aryl methyl sites for hydroxylation is 1. The first-order chi connectivity index (χ1) is 6.25. The molecule has 0 saturated carbocycles. The number of hydrogen-bond acceptors (Lipinski definition) is 3. The first kappa shape index (κ1) is 10.7. The summed E-state index contributed by atoms with van der Waals surface area (Å²) in [5.74, 6) is 0.